The molecular weight excluding hydrogens is 467 g/mol. The number of anilines is 1. The molecule has 0 aliphatic rings. The maximum atomic E-state index is 14.0. The van der Waals surface area contributed by atoms with E-state index in [1.54, 1.807) is 57.2 Å². The zero-order valence-electron chi connectivity index (χ0n) is 20.6. The van der Waals surface area contributed by atoms with Crippen molar-refractivity contribution in [1.82, 2.24) is 4.31 Å². The number of sulfonamides is 1. The third-order valence-corrected chi connectivity index (χ3v) is 7.21. The normalized spacial score (nSPS) is 12.1. The third kappa shape index (κ3) is 6.21. The summed E-state index contributed by atoms with van der Waals surface area (Å²) < 4.78 is 34.4. The number of fused-ring (bicyclic) bond motifs is 1. The molecule has 3 aromatic rings. The molecule has 0 amide bonds. The van der Waals surface area contributed by atoms with E-state index >= 15 is 0 Å². The zero-order chi connectivity index (χ0) is 26.0. The first-order valence-corrected chi connectivity index (χ1v) is 12.6. The van der Waals surface area contributed by atoms with Crippen molar-refractivity contribution in [3.63, 3.8) is 0 Å². The van der Waals surface area contributed by atoms with Crippen LogP contribution in [0.5, 0.6) is 0 Å². The summed E-state index contributed by atoms with van der Waals surface area (Å²) in [4.78, 5) is 14.7. The summed E-state index contributed by atoms with van der Waals surface area (Å²) in [6.07, 6.45) is 0. The molecule has 10 heteroatoms. The lowest BCUT2D eigenvalue weighted by atomic mass is 9.77. The monoisotopic (exact) mass is 498 g/mol. The number of rotatable bonds is 8. The zero-order valence-corrected chi connectivity index (χ0v) is 21.4. The molecule has 8 nitrogen and oxygen atoms in total. The number of benzene rings is 3. The maximum absolute atomic E-state index is 14.0. The molecule has 0 heterocycles. The van der Waals surface area contributed by atoms with Crippen LogP contribution in [-0.4, -0.2) is 62.1 Å². The largest absolute Gasteiger partial charge is 0.488 e. The van der Waals surface area contributed by atoms with E-state index in [0.717, 1.165) is 15.4 Å². The predicted molar refractivity (Wildman–Crippen MR) is 138 cm³/mol. The minimum atomic E-state index is -4.21. The van der Waals surface area contributed by atoms with Gasteiger partial charge in [-0.25, -0.2) is 8.42 Å². The van der Waals surface area contributed by atoms with Crippen molar-refractivity contribution in [2.45, 2.75) is 37.8 Å². The van der Waals surface area contributed by atoms with Gasteiger partial charge in [0.15, 0.2) is 0 Å². The van der Waals surface area contributed by atoms with Crippen LogP contribution in [0, 0.1) is 0 Å². The molecule has 0 aliphatic carbocycles. The Morgan fingerprint density at radius 2 is 1.57 bits per heavy atom. The van der Waals surface area contributed by atoms with Gasteiger partial charge in [0, 0.05) is 37.1 Å². The highest BCUT2D eigenvalue weighted by atomic mass is 32.2. The van der Waals surface area contributed by atoms with Crippen molar-refractivity contribution >= 4 is 45.0 Å². The quantitative estimate of drug-likeness (QED) is 0.362. The first-order valence-electron chi connectivity index (χ1n) is 11.2. The third-order valence-electron chi connectivity index (χ3n) is 5.36. The van der Waals surface area contributed by atoms with Gasteiger partial charge in [-0.2, -0.15) is 4.31 Å². The molecule has 0 bridgehead atoms. The molecule has 2 N–H and O–H groups in total. The number of hydrogen-bond acceptors (Lipinski definition) is 7. The average molecular weight is 498 g/mol. The summed E-state index contributed by atoms with van der Waals surface area (Å²) in [6.45, 7) is 4.32. The van der Waals surface area contributed by atoms with Crippen LogP contribution < -0.4 is 10.4 Å². The van der Waals surface area contributed by atoms with Gasteiger partial charge in [-0.15, -0.1) is 0 Å². The van der Waals surface area contributed by atoms with Gasteiger partial charge in [-0.3, -0.25) is 4.79 Å². The van der Waals surface area contributed by atoms with Crippen LogP contribution >= 0.6 is 0 Å². The fraction of sp³-hybridized carbons (Fsp3) is 0.320. The molecule has 0 radical (unpaired) electrons. The van der Waals surface area contributed by atoms with Gasteiger partial charge in [0.25, 0.3) is 0 Å². The standard InChI is InChI=1S/C25H31BN2O6S/c1-25(2,3)34-24(29)17-28(16-18-10-6-7-13-21(18)26(30)31)35(32,33)23-15-9-11-19-20(23)12-8-14-22(19)27(4)5/h6-15,30-31H,16-17H2,1-5H3. The van der Waals surface area contributed by atoms with Gasteiger partial charge in [0.1, 0.15) is 12.1 Å². The molecule has 3 aromatic carbocycles. The van der Waals surface area contributed by atoms with Crippen LogP contribution in [0.2, 0.25) is 0 Å². The van der Waals surface area contributed by atoms with Crippen molar-refractivity contribution in [3.05, 3.63) is 66.2 Å². The number of carbonyl (C=O) groups excluding carboxylic acids is 1. The van der Waals surface area contributed by atoms with Crippen molar-refractivity contribution in [2.75, 3.05) is 25.5 Å². The number of ether oxygens (including phenoxy) is 1. The second-order valence-corrected chi connectivity index (χ2v) is 11.4. The lowest BCUT2D eigenvalue weighted by molar-refractivity contribution is -0.155. The van der Waals surface area contributed by atoms with E-state index in [0.29, 0.717) is 10.9 Å². The van der Waals surface area contributed by atoms with Crippen molar-refractivity contribution in [1.29, 1.82) is 0 Å². The van der Waals surface area contributed by atoms with Crippen LogP contribution in [0.1, 0.15) is 26.3 Å². The highest BCUT2D eigenvalue weighted by molar-refractivity contribution is 7.89. The Morgan fingerprint density at radius 3 is 2.20 bits per heavy atom. The molecule has 35 heavy (non-hydrogen) atoms. The SMILES string of the molecule is CN(C)c1cccc2c(S(=O)(=O)N(CC(=O)OC(C)(C)C)Cc3ccccc3B(O)O)cccc12. The Kier molecular flexibility index (Phi) is 7.91. The Bertz CT molecular complexity index is 1320. The van der Waals surface area contributed by atoms with E-state index in [-0.39, 0.29) is 16.9 Å². The first kappa shape index (κ1) is 26.7. The second kappa shape index (κ2) is 10.4. The smallest absolute Gasteiger partial charge is 0.459 e. The average Bonchev–Trinajstić information content (AvgIpc) is 2.76. The Morgan fingerprint density at radius 1 is 0.943 bits per heavy atom. The van der Waals surface area contributed by atoms with Gasteiger partial charge >= 0.3 is 13.1 Å². The molecule has 0 fully saturated rings. The number of esters is 1. The molecule has 0 unspecified atom stereocenters. The fourth-order valence-corrected chi connectivity index (χ4v) is 5.45. The van der Waals surface area contributed by atoms with Gasteiger partial charge in [-0.05, 0) is 43.9 Å². The first-order chi connectivity index (χ1) is 16.3. The summed E-state index contributed by atoms with van der Waals surface area (Å²) in [5.74, 6) is -0.711. The van der Waals surface area contributed by atoms with Crippen molar-refractivity contribution in [3.8, 4) is 0 Å². The molecule has 3 rings (SSSR count). The van der Waals surface area contributed by atoms with E-state index in [1.807, 2.05) is 31.1 Å². The van der Waals surface area contributed by atoms with E-state index < -0.39 is 35.3 Å². The fourth-order valence-electron chi connectivity index (χ4n) is 3.88. The molecule has 0 saturated heterocycles. The van der Waals surface area contributed by atoms with Gasteiger partial charge in [0.05, 0.1) is 4.90 Å². The minimum Gasteiger partial charge on any atom is -0.459 e. The minimum absolute atomic E-state index is 0.0456. The Balaban J connectivity index is 2.14. The van der Waals surface area contributed by atoms with Crippen LogP contribution in [0.15, 0.2) is 65.6 Å². The highest BCUT2D eigenvalue weighted by Crippen LogP contribution is 2.32. The van der Waals surface area contributed by atoms with E-state index in [2.05, 4.69) is 0 Å². The molecule has 0 spiro atoms. The highest BCUT2D eigenvalue weighted by Gasteiger charge is 2.32. The van der Waals surface area contributed by atoms with E-state index in [4.69, 9.17) is 4.74 Å². The van der Waals surface area contributed by atoms with Crippen molar-refractivity contribution < 1.29 is 28.0 Å². The van der Waals surface area contributed by atoms with Crippen LogP contribution in [0.4, 0.5) is 5.69 Å². The molecule has 186 valence electrons. The maximum Gasteiger partial charge on any atom is 0.488 e. The van der Waals surface area contributed by atoms with E-state index in [9.17, 15) is 23.3 Å². The Hall–Kier alpha value is -2.92. The van der Waals surface area contributed by atoms with Crippen LogP contribution in [0.25, 0.3) is 10.8 Å². The van der Waals surface area contributed by atoms with Gasteiger partial charge in [-0.1, -0.05) is 48.5 Å². The molecule has 0 atom stereocenters. The summed E-state index contributed by atoms with van der Waals surface area (Å²) in [5.41, 5.74) is 0.576. The van der Waals surface area contributed by atoms with Crippen LogP contribution in [-0.2, 0) is 26.1 Å². The Labute approximate surface area is 206 Å². The number of carbonyl (C=O) groups is 1. The topological polar surface area (TPSA) is 107 Å². The van der Waals surface area contributed by atoms with Crippen LogP contribution in [0.3, 0.4) is 0 Å². The van der Waals surface area contributed by atoms with Gasteiger partial charge in [0.2, 0.25) is 10.0 Å². The second-order valence-electron chi connectivity index (χ2n) is 9.45. The summed E-state index contributed by atoms with van der Waals surface area (Å²) in [5, 5.41) is 20.8. The summed E-state index contributed by atoms with van der Waals surface area (Å²) >= 11 is 0. The lowest BCUT2D eigenvalue weighted by Gasteiger charge is -2.26. The summed E-state index contributed by atoms with van der Waals surface area (Å²) in [6, 6.07) is 16.8. The predicted octanol–water partition coefficient (Wildman–Crippen LogP) is 2.12. The van der Waals surface area contributed by atoms with E-state index in [1.165, 1.54) is 12.1 Å². The molecule has 0 aromatic heterocycles. The number of nitrogens with zero attached hydrogens (tertiary/aromatic N) is 2. The molecule has 0 aliphatic heterocycles. The summed E-state index contributed by atoms with van der Waals surface area (Å²) in [7, 11) is -2.25. The van der Waals surface area contributed by atoms with Crippen molar-refractivity contribution in [2.24, 2.45) is 0 Å². The van der Waals surface area contributed by atoms with Gasteiger partial charge < -0.3 is 19.7 Å². The molecule has 0 saturated carbocycles. The lowest BCUT2D eigenvalue weighted by Crippen LogP contribution is -2.41. The molecular formula is C25H31BN2O6S. The number of hydrogen-bond donors (Lipinski definition) is 2.